The highest BCUT2D eigenvalue weighted by molar-refractivity contribution is 6.50. The Balaban J connectivity index is 0.000000347. The van der Waals surface area contributed by atoms with Crippen LogP contribution in [0.1, 0.15) is 37.5 Å². The molecule has 1 nitrogen and oxygen atoms in total. The summed E-state index contributed by atoms with van der Waals surface area (Å²) in [4.78, 5) is 0. The molecule has 0 N–H and O–H groups in total. The van der Waals surface area contributed by atoms with Gasteiger partial charge in [-0.15, -0.1) is 0 Å². The third-order valence-electron chi connectivity index (χ3n) is 3.86. The van der Waals surface area contributed by atoms with Gasteiger partial charge in [-0.25, -0.2) is 4.58 Å². The predicted octanol–water partition coefficient (Wildman–Crippen LogP) is 4.63. The van der Waals surface area contributed by atoms with Crippen molar-refractivity contribution in [2.45, 2.75) is 40.0 Å². The molecule has 0 saturated carbocycles. The first-order valence-electron chi connectivity index (χ1n) is 6.42. The lowest BCUT2D eigenvalue weighted by molar-refractivity contribution is -0.403. The fraction of sp³-hybridized carbons (Fsp3) is 0.500. The van der Waals surface area contributed by atoms with E-state index in [1.54, 1.807) is 0 Å². The Morgan fingerprint density at radius 3 is 1.90 bits per heavy atom. The largest absolute Gasteiger partial charge is 0.673 e. The van der Waals surface area contributed by atoms with E-state index in [2.05, 4.69) is 58.4 Å². The van der Waals surface area contributed by atoms with E-state index in [1.165, 1.54) is 28.1 Å². The maximum absolute atomic E-state index is 9.75. The lowest BCUT2D eigenvalue weighted by Crippen LogP contribution is -2.25. The van der Waals surface area contributed by atoms with Crippen molar-refractivity contribution in [3.8, 4) is 0 Å². The van der Waals surface area contributed by atoms with Crippen LogP contribution in [0, 0.1) is 13.8 Å². The molecule has 0 amide bonds. The van der Waals surface area contributed by atoms with Gasteiger partial charge in [0, 0.05) is 18.1 Å². The van der Waals surface area contributed by atoms with Gasteiger partial charge in [0.15, 0.2) is 5.71 Å². The second kappa shape index (κ2) is 5.22. The lowest BCUT2D eigenvalue weighted by Gasteiger charge is -2.15. The van der Waals surface area contributed by atoms with Crippen LogP contribution in [0.4, 0.5) is 23.0 Å². The highest BCUT2D eigenvalue weighted by atomic mass is 19.5. The van der Waals surface area contributed by atoms with Crippen LogP contribution < -0.4 is 0 Å². The number of nitrogens with zero attached hydrogens (tertiary/aromatic N) is 1. The van der Waals surface area contributed by atoms with Gasteiger partial charge in [-0.1, -0.05) is 5.56 Å². The summed E-state index contributed by atoms with van der Waals surface area (Å²) in [5, 5.41) is 0. The van der Waals surface area contributed by atoms with E-state index in [-0.39, 0.29) is 5.41 Å². The van der Waals surface area contributed by atoms with E-state index in [1.807, 2.05) is 0 Å². The molecule has 1 aromatic rings. The van der Waals surface area contributed by atoms with Crippen LogP contribution in [0.25, 0.3) is 0 Å². The van der Waals surface area contributed by atoms with Crippen LogP contribution in [-0.4, -0.2) is 24.6 Å². The SMILES string of the molecule is CC1=[N+](C)c2c(C)cc(C)cc2C1(C)C.F[B-](F)(F)F. The van der Waals surface area contributed by atoms with E-state index in [0.717, 1.165) is 0 Å². The number of hydrogen-bond donors (Lipinski definition) is 0. The molecule has 0 bridgehead atoms. The van der Waals surface area contributed by atoms with Gasteiger partial charge in [-0.3, -0.25) is 0 Å². The number of hydrogen-bond acceptors (Lipinski definition) is 0. The Kier molecular flexibility index (Phi) is 4.37. The monoisotopic (exact) mass is 289 g/mol. The molecular weight excluding hydrogens is 269 g/mol. The zero-order valence-electron chi connectivity index (χ0n) is 12.7. The number of rotatable bonds is 0. The molecule has 0 spiro atoms. The van der Waals surface area contributed by atoms with E-state index in [0.29, 0.717) is 0 Å². The number of benzene rings is 1. The minimum Gasteiger partial charge on any atom is -0.418 e. The van der Waals surface area contributed by atoms with E-state index < -0.39 is 7.25 Å². The molecule has 1 aliphatic heterocycles. The van der Waals surface area contributed by atoms with E-state index in [4.69, 9.17) is 0 Å². The third kappa shape index (κ3) is 3.41. The van der Waals surface area contributed by atoms with Crippen LogP contribution >= 0.6 is 0 Å². The van der Waals surface area contributed by atoms with Crippen LogP contribution in [0.5, 0.6) is 0 Å². The smallest absolute Gasteiger partial charge is 0.418 e. The first-order chi connectivity index (χ1) is 8.85. The van der Waals surface area contributed by atoms with Crippen LogP contribution in [-0.2, 0) is 5.41 Å². The second-order valence-corrected chi connectivity index (χ2v) is 5.74. The third-order valence-corrected chi connectivity index (χ3v) is 3.86. The van der Waals surface area contributed by atoms with E-state index >= 15 is 0 Å². The minimum atomic E-state index is -6.00. The second-order valence-electron chi connectivity index (χ2n) is 5.74. The van der Waals surface area contributed by atoms with Gasteiger partial charge < -0.3 is 17.3 Å². The molecule has 0 radical (unpaired) electrons. The fourth-order valence-electron chi connectivity index (χ4n) is 2.66. The molecule has 0 unspecified atom stereocenters. The van der Waals surface area contributed by atoms with Crippen molar-refractivity contribution in [2.24, 2.45) is 0 Å². The molecule has 20 heavy (non-hydrogen) atoms. The normalized spacial score (nSPS) is 16.7. The molecule has 6 heteroatoms. The van der Waals surface area contributed by atoms with Gasteiger partial charge in [0.1, 0.15) is 7.05 Å². The predicted molar refractivity (Wildman–Crippen MR) is 75.7 cm³/mol. The quantitative estimate of drug-likeness (QED) is 0.372. The molecule has 0 atom stereocenters. The first kappa shape index (κ1) is 16.7. The molecule has 1 aromatic carbocycles. The molecule has 112 valence electrons. The van der Waals surface area contributed by atoms with Crippen molar-refractivity contribution in [2.75, 3.05) is 7.05 Å². The summed E-state index contributed by atoms with van der Waals surface area (Å²) < 4.78 is 41.3. The van der Waals surface area contributed by atoms with Gasteiger partial charge >= 0.3 is 7.25 Å². The van der Waals surface area contributed by atoms with Crippen LogP contribution in [0.2, 0.25) is 0 Å². The van der Waals surface area contributed by atoms with Crippen molar-refractivity contribution in [1.29, 1.82) is 0 Å². The summed E-state index contributed by atoms with van der Waals surface area (Å²) in [6.45, 7) is 11.2. The summed E-state index contributed by atoms with van der Waals surface area (Å²) in [6, 6.07) is 4.60. The summed E-state index contributed by atoms with van der Waals surface area (Å²) >= 11 is 0. The van der Waals surface area contributed by atoms with Gasteiger partial charge in [0.05, 0.1) is 5.41 Å². The number of fused-ring (bicyclic) bond motifs is 1. The zero-order chi connectivity index (χ0) is 15.9. The van der Waals surface area contributed by atoms with Crippen molar-refractivity contribution in [1.82, 2.24) is 0 Å². The van der Waals surface area contributed by atoms with Crippen molar-refractivity contribution < 1.29 is 21.8 Å². The minimum absolute atomic E-state index is 0.181. The Morgan fingerprint density at radius 1 is 1.00 bits per heavy atom. The van der Waals surface area contributed by atoms with Gasteiger partial charge in [-0.2, -0.15) is 0 Å². The molecule has 1 aliphatic rings. The Bertz CT molecular complexity index is 553. The number of halogens is 4. The lowest BCUT2D eigenvalue weighted by atomic mass is 9.81. The standard InChI is InChI=1S/C14H20N.BF4/c1-9-7-10(2)13-12(8-9)14(4,5)11(3)15(13)6;2-1(3,4)5/h7-8H,1-6H3;/q+1;-1. The maximum Gasteiger partial charge on any atom is 0.673 e. The van der Waals surface area contributed by atoms with Gasteiger partial charge in [-0.05, 0) is 39.8 Å². The van der Waals surface area contributed by atoms with Crippen molar-refractivity contribution in [3.63, 3.8) is 0 Å². The van der Waals surface area contributed by atoms with Gasteiger partial charge in [0.2, 0.25) is 5.69 Å². The first-order valence-corrected chi connectivity index (χ1v) is 6.42. The average Bonchev–Trinajstić information content (AvgIpc) is 2.38. The molecular formula is C14H20BF4N. The summed E-state index contributed by atoms with van der Waals surface area (Å²) in [7, 11) is -3.83. The summed E-state index contributed by atoms with van der Waals surface area (Å²) in [5.41, 5.74) is 7.25. The Hall–Kier alpha value is -1.33. The summed E-state index contributed by atoms with van der Waals surface area (Å²) in [6.07, 6.45) is 0. The molecule has 2 rings (SSSR count). The molecule has 0 aliphatic carbocycles. The highest BCUT2D eigenvalue weighted by Crippen LogP contribution is 2.41. The topological polar surface area (TPSA) is 3.01 Å². The van der Waals surface area contributed by atoms with Crippen LogP contribution in [0.3, 0.4) is 0 Å². The van der Waals surface area contributed by atoms with Gasteiger partial charge in [0.25, 0.3) is 0 Å². The van der Waals surface area contributed by atoms with Crippen LogP contribution in [0.15, 0.2) is 12.1 Å². The number of aryl methyl sites for hydroxylation is 2. The Labute approximate surface area is 117 Å². The summed E-state index contributed by atoms with van der Waals surface area (Å²) in [5.74, 6) is 0. The molecule has 0 saturated heterocycles. The molecule has 0 aromatic heterocycles. The van der Waals surface area contributed by atoms with Crippen molar-refractivity contribution in [3.05, 3.63) is 28.8 Å². The maximum atomic E-state index is 9.75. The molecule has 1 heterocycles. The highest BCUT2D eigenvalue weighted by Gasteiger charge is 2.42. The average molecular weight is 289 g/mol. The fourth-order valence-corrected chi connectivity index (χ4v) is 2.66. The van der Waals surface area contributed by atoms with E-state index in [9.17, 15) is 17.3 Å². The zero-order valence-corrected chi connectivity index (χ0v) is 12.7. The van der Waals surface area contributed by atoms with Crippen molar-refractivity contribution >= 4 is 18.7 Å². The molecule has 0 fully saturated rings. The Morgan fingerprint density at radius 2 is 1.45 bits per heavy atom.